The van der Waals surface area contributed by atoms with Crippen molar-refractivity contribution in [3.8, 4) is 0 Å². The Morgan fingerprint density at radius 2 is 1.84 bits per heavy atom. The number of benzene rings is 2. The van der Waals surface area contributed by atoms with Gasteiger partial charge in [0.1, 0.15) is 0 Å². The van der Waals surface area contributed by atoms with Crippen molar-refractivity contribution in [2.75, 3.05) is 36.4 Å². The first kappa shape index (κ1) is 25.3. The predicted octanol–water partition coefficient (Wildman–Crippen LogP) is 3.69. The summed E-state index contributed by atoms with van der Waals surface area (Å²) in [5, 5.41) is 4.89. The van der Waals surface area contributed by atoms with Gasteiger partial charge in [0.25, 0.3) is 5.91 Å². The Balaban J connectivity index is 1.50. The molecule has 1 unspecified atom stereocenters. The molecule has 2 saturated heterocycles. The number of nitrogens with two attached hydrogens (primary N) is 1. The molecule has 3 aliphatic heterocycles. The van der Waals surface area contributed by atoms with Gasteiger partial charge in [0.05, 0.1) is 17.4 Å². The van der Waals surface area contributed by atoms with E-state index in [2.05, 4.69) is 40.8 Å². The van der Waals surface area contributed by atoms with Crippen LogP contribution in [0.5, 0.6) is 0 Å². The number of hydrogen-bond donors (Lipinski definition) is 2. The molecule has 2 aromatic carbocycles. The molecule has 0 spiro atoms. The van der Waals surface area contributed by atoms with E-state index >= 15 is 0 Å². The number of carbonyl (C=O) groups excluding carboxylic acids is 2. The highest BCUT2D eigenvalue weighted by molar-refractivity contribution is 5.95. The highest BCUT2D eigenvalue weighted by atomic mass is 16.2. The molecule has 37 heavy (non-hydrogen) atoms. The Morgan fingerprint density at radius 3 is 2.57 bits per heavy atom. The lowest BCUT2D eigenvalue weighted by atomic mass is 10.0. The third-order valence-corrected chi connectivity index (χ3v) is 7.82. The van der Waals surface area contributed by atoms with Crippen molar-refractivity contribution in [3.63, 3.8) is 0 Å². The maximum Gasteiger partial charge on any atom is 0.271 e. The second kappa shape index (κ2) is 10.9. The minimum Gasteiger partial charge on any atom is -0.345 e. The van der Waals surface area contributed by atoms with Gasteiger partial charge >= 0.3 is 0 Å². The number of carbonyl (C=O) groups is 2. The molecule has 8 nitrogen and oxygen atoms in total. The molecule has 0 bridgehead atoms. The van der Waals surface area contributed by atoms with Crippen LogP contribution in [-0.2, 0) is 11.3 Å². The summed E-state index contributed by atoms with van der Waals surface area (Å²) in [6, 6.07) is 13.6. The van der Waals surface area contributed by atoms with Gasteiger partial charge in [-0.2, -0.15) is 0 Å². The lowest BCUT2D eigenvalue weighted by Crippen LogP contribution is -2.60. The molecule has 3 heterocycles. The van der Waals surface area contributed by atoms with Gasteiger partial charge in [0, 0.05) is 25.2 Å². The summed E-state index contributed by atoms with van der Waals surface area (Å²) >= 11 is 0. The molecule has 0 aliphatic carbocycles. The monoisotopic (exact) mass is 502 g/mol. The van der Waals surface area contributed by atoms with E-state index in [0.717, 1.165) is 55.8 Å². The fraction of sp³-hybridized carbons (Fsp3) is 0.448. The maximum atomic E-state index is 13.4. The van der Waals surface area contributed by atoms with Crippen LogP contribution in [0.25, 0.3) is 0 Å². The second-order valence-corrected chi connectivity index (χ2v) is 10.4. The molecule has 2 aromatic rings. The number of hydrogen-bond acceptors (Lipinski definition) is 6. The molecule has 0 radical (unpaired) electrons. The van der Waals surface area contributed by atoms with Gasteiger partial charge in [-0.15, -0.1) is 0 Å². The van der Waals surface area contributed by atoms with E-state index in [1.165, 1.54) is 29.5 Å². The van der Waals surface area contributed by atoms with E-state index in [-0.39, 0.29) is 17.9 Å². The smallest absolute Gasteiger partial charge is 0.271 e. The fourth-order valence-electron chi connectivity index (χ4n) is 6.03. The van der Waals surface area contributed by atoms with E-state index in [9.17, 15) is 9.59 Å². The summed E-state index contributed by atoms with van der Waals surface area (Å²) in [7, 11) is 0. The van der Waals surface area contributed by atoms with Gasteiger partial charge in [-0.1, -0.05) is 30.8 Å². The SMILES string of the molecule is C=CC(=O)N1CCCC[C@@H](N2c3c(C)cc(CN4CCCC4)cc3NC2N(N)C(=O)c2ccccc2)C1. The van der Waals surface area contributed by atoms with Crippen molar-refractivity contribution < 1.29 is 9.59 Å². The number of anilines is 2. The molecule has 196 valence electrons. The second-order valence-electron chi connectivity index (χ2n) is 10.4. The average Bonchev–Trinajstić information content (AvgIpc) is 3.49. The minimum atomic E-state index is -0.563. The van der Waals surface area contributed by atoms with Crippen LogP contribution in [0.2, 0.25) is 0 Å². The highest BCUT2D eigenvalue weighted by Gasteiger charge is 2.41. The lowest BCUT2D eigenvalue weighted by molar-refractivity contribution is -0.126. The number of rotatable bonds is 6. The van der Waals surface area contributed by atoms with E-state index < -0.39 is 6.29 Å². The van der Waals surface area contributed by atoms with Crippen molar-refractivity contribution >= 4 is 23.2 Å². The van der Waals surface area contributed by atoms with Crippen molar-refractivity contribution in [2.24, 2.45) is 5.84 Å². The minimum absolute atomic E-state index is 0.00269. The molecule has 5 rings (SSSR count). The zero-order valence-electron chi connectivity index (χ0n) is 21.7. The van der Waals surface area contributed by atoms with Gasteiger partial charge in [0.2, 0.25) is 5.91 Å². The molecule has 0 saturated carbocycles. The summed E-state index contributed by atoms with van der Waals surface area (Å²) in [4.78, 5) is 32.6. The fourth-order valence-corrected chi connectivity index (χ4v) is 6.03. The van der Waals surface area contributed by atoms with Crippen LogP contribution in [0.15, 0.2) is 55.1 Å². The molecule has 0 aromatic heterocycles. The van der Waals surface area contributed by atoms with Gasteiger partial charge in [-0.05, 0) is 87.5 Å². The van der Waals surface area contributed by atoms with Crippen LogP contribution in [-0.4, -0.2) is 65.1 Å². The summed E-state index contributed by atoms with van der Waals surface area (Å²) < 4.78 is 0. The molecular formula is C29H38N6O2. The van der Waals surface area contributed by atoms with Crippen molar-refractivity contribution in [2.45, 2.75) is 57.9 Å². The van der Waals surface area contributed by atoms with E-state index in [4.69, 9.17) is 5.84 Å². The van der Waals surface area contributed by atoms with Crippen molar-refractivity contribution in [1.29, 1.82) is 0 Å². The molecule has 2 amide bonds. The molecule has 8 heteroatoms. The van der Waals surface area contributed by atoms with Gasteiger partial charge in [-0.25, -0.2) is 10.9 Å². The van der Waals surface area contributed by atoms with E-state index in [1.807, 2.05) is 23.1 Å². The van der Waals surface area contributed by atoms with Gasteiger partial charge in [-0.3, -0.25) is 14.5 Å². The van der Waals surface area contributed by atoms with Crippen LogP contribution in [0.1, 0.15) is 53.6 Å². The van der Waals surface area contributed by atoms with Gasteiger partial charge in [0.15, 0.2) is 6.29 Å². The van der Waals surface area contributed by atoms with Crippen LogP contribution >= 0.6 is 0 Å². The third-order valence-electron chi connectivity index (χ3n) is 7.82. The average molecular weight is 503 g/mol. The van der Waals surface area contributed by atoms with Crippen molar-refractivity contribution in [1.82, 2.24) is 14.8 Å². The summed E-state index contributed by atoms with van der Waals surface area (Å²) in [5.74, 6) is 6.28. The number of fused-ring (bicyclic) bond motifs is 1. The van der Waals surface area contributed by atoms with Crippen LogP contribution < -0.4 is 16.1 Å². The first-order valence-electron chi connectivity index (χ1n) is 13.4. The molecular weight excluding hydrogens is 464 g/mol. The predicted molar refractivity (Wildman–Crippen MR) is 147 cm³/mol. The first-order chi connectivity index (χ1) is 18.0. The molecule has 2 fully saturated rings. The van der Waals surface area contributed by atoms with Crippen LogP contribution in [0.3, 0.4) is 0 Å². The largest absolute Gasteiger partial charge is 0.345 e. The Morgan fingerprint density at radius 1 is 1.11 bits per heavy atom. The maximum absolute atomic E-state index is 13.4. The Bertz CT molecular complexity index is 1150. The van der Waals surface area contributed by atoms with E-state index in [0.29, 0.717) is 18.7 Å². The standard InChI is InChI=1S/C29H38N6O2/c1-3-26(36)33-16-8-7-13-24(20-33)34-27-21(2)17-22(19-32-14-9-10-15-32)18-25(27)31-29(34)35(30)28(37)23-11-5-4-6-12-23/h3-6,11-12,17-18,24,29,31H,1,7-10,13-16,19-20,30H2,2H3/t24-,29?/m1/s1. The highest BCUT2D eigenvalue weighted by Crippen LogP contribution is 2.42. The number of likely N-dealkylation sites (tertiary alicyclic amines) is 2. The zero-order chi connectivity index (χ0) is 25.9. The third kappa shape index (κ3) is 5.22. The quantitative estimate of drug-likeness (QED) is 0.271. The summed E-state index contributed by atoms with van der Waals surface area (Å²) in [5.41, 5.74) is 4.99. The number of amides is 2. The molecule has 3 aliphatic rings. The van der Waals surface area contributed by atoms with Gasteiger partial charge < -0.3 is 15.1 Å². The molecule has 3 N–H and O–H groups in total. The van der Waals surface area contributed by atoms with Crippen LogP contribution in [0.4, 0.5) is 11.4 Å². The Kier molecular flexibility index (Phi) is 7.48. The zero-order valence-corrected chi connectivity index (χ0v) is 21.7. The normalized spacial score (nSPS) is 21.8. The molecule has 2 atom stereocenters. The van der Waals surface area contributed by atoms with Crippen LogP contribution in [0, 0.1) is 6.92 Å². The number of nitrogens with one attached hydrogen (secondary N) is 1. The van der Waals surface area contributed by atoms with Crippen molar-refractivity contribution in [3.05, 3.63) is 71.8 Å². The first-order valence-corrected chi connectivity index (χ1v) is 13.4. The topological polar surface area (TPSA) is 85.2 Å². The Hall–Kier alpha value is -3.36. The number of hydrazine groups is 1. The lowest BCUT2D eigenvalue weighted by Gasteiger charge is -2.40. The number of aryl methyl sites for hydroxylation is 1. The van der Waals surface area contributed by atoms with E-state index in [1.54, 1.807) is 12.1 Å². The Labute approximate surface area is 219 Å². The number of nitrogens with zero attached hydrogens (tertiary/aromatic N) is 4. The summed E-state index contributed by atoms with van der Waals surface area (Å²) in [6.07, 6.45) is 6.17. The summed E-state index contributed by atoms with van der Waals surface area (Å²) in [6.45, 7) is 10.3.